The molecule has 0 unspecified atom stereocenters. The molecule has 0 aliphatic carbocycles. The van der Waals surface area contributed by atoms with E-state index in [1.807, 2.05) is 48.5 Å². The van der Waals surface area contributed by atoms with E-state index >= 15 is 0 Å². The van der Waals surface area contributed by atoms with E-state index < -0.39 is 29.2 Å². The van der Waals surface area contributed by atoms with Crippen LogP contribution < -0.4 is 15.6 Å². The molecule has 44 heavy (non-hydrogen) atoms. The van der Waals surface area contributed by atoms with Gasteiger partial charge in [-0.05, 0) is 71.8 Å². The Morgan fingerprint density at radius 2 is 1.73 bits per heavy atom. The van der Waals surface area contributed by atoms with Crippen LogP contribution in [0.25, 0.3) is 0 Å². The van der Waals surface area contributed by atoms with Crippen molar-refractivity contribution in [3.05, 3.63) is 134 Å². The van der Waals surface area contributed by atoms with Crippen LogP contribution in [0.5, 0.6) is 5.75 Å². The lowest BCUT2D eigenvalue weighted by Crippen LogP contribution is -2.53. The van der Waals surface area contributed by atoms with Gasteiger partial charge in [-0.25, -0.2) is 19.2 Å². The average molecular weight is 729 g/mol. The summed E-state index contributed by atoms with van der Waals surface area (Å²) in [5, 5.41) is 9.03. The number of hydrogen-bond donors (Lipinski definition) is 3. The van der Waals surface area contributed by atoms with Crippen LogP contribution in [0.1, 0.15) is 34.8 Å². The van der Waals surface area contributed by atoms with Crippen molar-refractivity contribution < 1.29 is 28.2 Å². The van der Waals surface area contributed by atoms with Crippen molar-refractivity contribution in [2.45, 2.75) is 31.0 Å². The molecule has 228 valence electrons. The molecule has 0 bridgehead atoms. The summed E-state index contributed by atoms with van der Waals surface area (Å²) in [7, 11) is 0. The number of halogens is 4. The van der Waals surface area contributed by atoms with Crippen LogP contribution in [-0.2, 0) is 22.5 Å². The van der Waals surface area contributed by atoms with Gasteiger partial charge in [0.25, 0.3) is 5.91 Å². The molecule has 0 radical (unpaired) electrons. The van der Waals surface area contributed by atoms with Gasteiger partial charge in [0, 0.05) is 46.1 Å². The number of aliphatic imine (C=N–C) groups is 1. The number of nitrogens with zero attached hydrogens (tertiary/aromatic N) is 1. The van der Waals surface area contributed by atoms with Gasteiger partial charge < -0.3 is 14.6 Å². The monoisotopic (exact) mass is 727 g/mol. The Morgan fingerprint density at radius 3 is 2.45 bits per heavy atom. The summed E-state index contributed by atoms with van der Waals surface area (Å²) in [4.78, 5) is 19.2. The molecule has 5 rings (SSSR count). The third-order valence-electron chi connectivity index (χ3n) is 7.11. The molecule has 7 nitrogen and oxygen atoms in total. The normalized spacial score (nSPS) is 17.6. The van der Waals surface area contributed by atoms with E-state index in [9.17, 15) is 13.6 Å². The van der Waals surface area contributed by atoms with Crippen molar-refractivity contribution in [1.82, 2.24) is 10.9 Å². The minimum atomic E-state index is -1.50. The summed E-state index contributed by atoms with van der Waals surface area (Å²) >= 11 is 7.08. The molecule has 0 fully saturated rings. The molecule has 0 saturated heterocycles. The van der Waals surface area contributed by atoms with Gasteiger partial charge in [0.2, 0.25) is 5.90 Å². The van der Waals surface area contributed by atoms with Crippen LogP contribution in [0.2, 0.25) is 0 Å². The van der Waals surface area contributed by atoms with Crippen LogP contribution in [0.4, 0.5) is 8.78 Å². The molecule has 1 amide bonds. The predicted octanol–water partition coefficient (Wildman–Crippen LogP) is 6.57. The van der Waals surface area contributed by atoms with E-state index in [2.05, 4.69) is 42.7 Å². The fraction of sp³-hybridized carbons (Fsp3) is 0.212. The topological polar surface area (TPSA) is 92.2 Å². The zero-order valence-corrected chi connectivity index (χ0v) is 26.6. The number of benzene rings is 4. The number of nitrogens with one attached hydrogen (secondary N) is 2. The first-order chi connectivity index (χ1) is 21.3. The van der Waals surface area contributed by atoms with Gasteiger partial charge >= 0.3 is 0 Å². The Morgan fingerprint density at radius 1 is 0.977 bits per heavy atom. The van der Waals surface area contributed by atoms with Crippen molar-refractivity contribution in [3.63, 3.8) is 0 Å². The van der Waals surface area contributed by atoms with E-state index in [-0.39, 0.29) is 31.0 Å². The number of aliphatic hydroxyl groups is 1. The second-order valence-electron chi connectivity index (χ2n) is 10.2. The highest BCUT2D eigenvalue weighted by Gasteiger charge is 2.53. The first-order valence-electron chi connectivity index (χ1n) is 13.9. The predicted molar refractivity (Wildman–Crippen MR) is 170 cm³/mol. The van der Waals surface area contributed by atoms with Gasteiger partial charge in [-0.2, -0.15) is 0 Å². The maximum absolute atomic E-state index is 14.3. The molecule has 1 heterocycles. The summed E-state index contributed by atoms with van der Waals surface area (Å²) < 4.78 is 41.9. The Kier molecular flexibility index (Phi) is 10.4. The molecular weight excluding hydrogens is 700 g/mol. The van der Waals surface area contributed by atoms with Gasteiger partial charge in [0.1, 0.15) is 17.4 Å². The third-order valence-corrected chi connectivity index (χ3v) is 8.41. The summed E-state index contributed by atoms with van der Waals surface area (Å²) in [6.45, 7) is 0.257. The summed E-state index contributed by atoms with van der Waals surface area (Å²) in [5.41, 5.74) is 6.18. The molecule has 0 saturated carbocycles. The van der Waals surface area contributed by atoms with Crippen molar-refractivity contribution in [2.24, 2.45) is 4.99 Å². The van der Waals surface area contributed by atoms with Gasteiger partial charge in [0.05, 0.1) is 6.61 Å². The van der Waals surface area contributed by atoms with Crippen molar-refractivity contribution >= 4 is 43.7 Å². The lowest BCUT2D eigenvalue weighted by Gasteiger charge is -2.31. The minimum Gasteiger partial charge on any atom is -0.494 e. The number of carbonyl (C=O) groups excluding carboxylic acids is 1. The highest BCUT2D eigenvalue weighted by molar-refractivity contribution is 9.10. The van der Waals surface area contributed by atoms with E-state index in [0.29, 0.717) is 29.9 Å². The van der Waals surface area contributed by atoms with Gasteiger partial charge in [-0.1, -0.05) is 62.2 Å². The number of rotatable bonds is 12. The fourth-order valence-electron chi connectivity index (χ4n) is 4.86. The molecule has 4 aromatic carbocycles. The number of aliphatic hydroxyl groups excluding tert-OH is 1. The van der Waals surface area contributed by atoms with Crippen LogP contribution in [0, 0.1) is 11.6 Å². The zero-order valence-electron chi connectivity index (χ0n) is 23.4. The molecule has 0 aromatic heterocycles. The smallest absolute Gasteiger partial charge is 0.266 e. The largest absolute Gasteiger partial charge is 0.494 e. The summed E-state index contributed by atoms with van der Waals surface area (Å²) in [6, 6.07) is 25.3. The maximum atomic E-state index is 14.3. The van der Waals surface area contributed by atoms with Crippen LogP contribution in [-0.4, -0.2) is 35.7 Å². The van der Waals surface area contributed by atoms with E-state index in [4.69, 9.17) is 19.6 Å². The lowest BCUT2D eigenvalue weighted by molar-refractivity contribution is -0.130. The second kappa shape index (κ2) is 14.4. The Balaban J connectivity index is 1.52. The molecule has 1 aliphatic rings. The lowest BCUT2D eigenvalue weighted by atomic mass is 9.82. The molecule has 4 aromatic rings. The molecule has 11 heteroatoms. The van der Waals surface area contributed by atoms with Crippen LogP contribution in [0.3, 0.4) is 0 Å². The average Bonchev–Trinajstić information content (AvgIpc) is 3.41. The van der Waals surface area contributed by atoms with Gasteiger partial charge in [-0.3, -0.25) is 10.2 Å². The zero-order chi connectivity index (χ0) is 31.1. The third kappa shape index (κ3) is 7.35. The highest BCUT2D eigenvalue weighted by Crippen LogP contribution is 2.43. The summed E-state index contributed by atoms with van der Waals surface area (Å²) in [5.74, 6) is -0.818. The second-order valence-corrected chi connectivity index (χ2v) is 11.9. The van der Waals surface area contributed by atoms with Gasteiger partial charge in [-0.15, -0.1) is 0 Å². The van der Waals surface area contributed by atoms with E-state index in [1.54, 1.807) is 24.3 Å². The molecule has 3 N–H and O–H groups in total. The highest BCUT2D eigenvalue weighted by atomic mass is 79.9. The number of amides is 1. The molecule has 2 atom stereocenters. The van der Waals surface area contributed by atoms with Crippen molar-refractivity contribution in [3.8, 4) is 5.75 Å². The van der Waals surface area contributed by atoms with Gasteiger partial charge in [0.15, 0.2) is 11.6 Å². The first-order valence-corrected chi connectivity index (χ1v) is 15.4. The van der Waals surface area contributed by atoms with Crippen LogP contribution in [0.15, 0.2) is 105 Å². The fourth-order valence-corrected chi connectivity index (χ4v) is 5.55. The standard InChI is InChI=1S/C33H29Br2F2N3O4/c34-25-10-6-21(7-11-25)30-33(19-23-4-1-2-5-28(23)35,32(42)40-38-20-24-18-26(36)12-15-29(24)37)39-31(44-30)22-8-13-27(14-9-22)43-17-3-16-41/h1-2,4-15,18,30,38,41H,3,16-17,19-20H2,(H,40,42)/t30-,33-/m0/s1. The number of carbonyl (C=O) groups is 1. The number of ether oxygens (including phenoxy) is 2. The number of hydrazine groups is 1. The molecular formula is C33H29Br2F2N3O4. The first kappa shape index (κ1) is 31.8. The molecule has 1 aliphatic heterocycles. The van der Waals surface area contributed by atoms with Crippen LogP contribution >= 0.6 is 31.9 Å². The Bertz CT molecular complexity index is 1640. The van der Waals surface area contributed by atoms with Crippen molar-refractivity contribution in [1.29, 1.82) is 0 Å². The summed E-state index contributed by atoms with van der Waals surface area (Å²) in [6.07, 6.45) is -0.173. The SMILES string of the molecule is O=C(NNCc1cc(F)ccc1F)[C@@]1(Cc2ccccc2Br)N=C(c2ccc(OCCCO)cc2)O[C@H]1c1ccc(Br)cc1. The number of hydrogen-bond acceptors (Lipinski definition) is 6. The van der Waals surface area contributed by atoms with E-state index in [1.165, 1.54) is 0 Å². The van der Waals surface area contributed by atoms with Crippen molar-refractivity contribution in [2.75, 3.05) is 13.2 Å². The minimum absolute atomic E-state index is 0.0356. The Labute approximate surface area is 270 Å². The Hall–Kier alpha value is -3.64. The van der Waals surface area contributed by atoms with E-state index in [0.717, 1.165) is 32.7 Å². The molecule has 0 spiro atoms. The maximum Gasteiger partial charge on any atom is 0.266 e. The quantitative estimate of drug-likeness (QED) is 0.113.